The summed E-state index contributed by atoms with van der Waals surface area (Å²) in [4.78, 5) is 2.37. The summed E-state index contributed by atoms with van der Waals surface area (Å²) in [6.45, 7) is 2.31. The maximum absolute atomic E-state index is 3.64. The molecule has 0 fully saturated rings. The van der Waals surface area contributed by atoms with E-state index in [-0.39, 0.29) is 5.41 Å². The zero-order valence-electron chi connectivity index (χ0n) is 18.5. The minimum absolute atomic E-state index is 0.155. The van der Waals surface area contributed by atoms with Crippen molar-refractivity contribution in [1.82, 2.24) is 10.2 Å². The molecule has 2 aromatic carbocycles. The van der Waals surface area contributed by atoms with Crippen molar-refractivity contribution in [3.8, 4) is 0 Å². The summed E-state index contributed by atoms with van der Waals surface area (Å²) < 4.78 is 0. The largest absolute Gasteiger partial charge is 0.304 e. The van der Waals surface area contributed by atoms with E-state index in [0.29, 0.717) is 6.17 Å². The molecule has 0 saturated carbocycles. The minimum atomic E-state index is 0.155. The second-order valence-electron chi connectivity index (χ2n) is 8.33. The normalized spacial score (nSPS) is 14.8. The molecule has 154 valence electrons. The summed E-state index contributed by atoms with van der Waals surface area (Å²) >= 11 is 0. The summed E-state index contributed by atoms with van der Waals surface area (Å²) in [5.74, 6) is 0. The molecule has 0 amide bonds. The molecule has 0 radical (unpaired) electrons. The van der Waals surface area contributed by atoms with E-state index in [1.807, 2.05) is 0 Å². The number of benzene rings is 2. The van der Waals surface area contributed by atoms with Crippen molar-refractivity contribution in [2.45, 2.75) is 69.9 Å². The van der Waals surface area contributed by atoms with Crippen LogP contribution < -0.4 is 5.32 Å². The molecule has 28 heavy (non-hydrogen) atoms. The molecule has 0 spiro atoms. The zero-order chi connectivity index (χ0) is 20.2. The smallest absolute Gasteiger partial charge is 0.0689 e. The Bertz CT molecular complexity index is 638. The molecule has 1 N–H and O–H groups in total. The minimum Gasteiger partial charge on any atom is -0.304 e. The fourth-order valence-corrected chi connectivity index (χ4v) is 4.73. The Balaban J connectivity index is 2.11. The van der Waals surface area contributed by atoms with Gasteiger partial charge in [-0.05, 0) is 58.0 Å². The average Bonchev–Trinajstić information content (AvgIpc) is 2.73. The van der Waals surface area contributed by atoms with Gasteiger partial charge in [-0.2, -0.15) is 0 Å². The second kappa shape index (κ2) is 12.0. The fourth-order valence-electron chi connectivity index (χ4n) is 4.73. The van der Waals surface area contributed by atoms with Crippen LogP contribution in [0, 0.1) is 0 Å². The molecule has 2 unspecified atom stereocenters. The van der Waals surface area contributed by atoms with E-state index in [1.165, 1.54) is 62.5 Å². The van der Waals surface area contributed by atoms with E-state index in [9.17, 15) is 0 Å². The zero-order valence-corrected chi connectivity index (χ0v) is 18.5. The fraction of sp³-hybridized carbons (Fsp3) is 0.538. The SMILES string of the molecule is CCCCC(CCCCCc1ccccc1)(c1ccccc1)C(NC)N(C)C. The van der Waals surface area contributed by atoms with Gasteiger partial charge >= 0.3 is 0 Å². The number of unbranched alkanes of at least 4 members (excludes halogenated alkanes) is 3. The molecule has 0 aromatic heterocycles. The van der Waals surface area contributed by atoms with Gasteiger partial charge in [0, 0.05) is 5.41 Å². The molecule has 2 nitrogen and oxygen atoms in total. The number of nitrogens with zero attached hydrogens (tertiary/aromatic N) is 1. The topological polar surface area (TPSA) is 15.3 Å². The molecule has 0 heterocycles. The number of nitrogens with one attached hydrogen (secondary N) is 1. The van der Waals surface area contributed by atoms with Crippen LogP contribution in [0.4, 0.5) is 0 Å². The maximum Gasteiger partial charge on any atom is 0.0689 e. The standard InChI is InChI=1S/C26H40N2/c1-5-6-21-26(25(27-2)28(3)4,24-19-13-8-14-20-24)22-15-9-12-18-23-16-10-7-11-17-23/h7-8,10-11,13-14,16-17,19-20,25,27H,5-6,9,12,15,18,21-22H2,1-4H3. The molecule has 0 aliphatic heterocycles. The molecule has 0 aliphatic rings. The first-order valence-electron chi connectivity index (χ1n) is 11.1. The molecular formula is C26H40N2. The van der Waals surface area contributed by atoms with Crippen LogP contribution >= 0.6 is 0 Å². The van der Waals surface area contributed by atoms with Crippen LogP contribution in [0.25, 0.3) is 0 Å². The molecule has 2 atom stereocenters. The lowest BCUT2D eigenvalue weighted by molar-refractivity contribution is 0.122. The molecule has 0 aliphatic carbocycles. The Kier molecular flexibility index (Phi) is 9.73. The van der Waals surface area contributed by atoms with Gasteiger partial charge < -0.3 is 5.32 Å². The van der Waals surface area contributed by atoms with Gasteiger partial charge in [-0.25, -0.2) is 0 Å². The van der Waals surface area contributed by atoms with Crippen LogP contribution in [0.3, 0.4) is 0 Å². The molecule has 0 saturated heterocycles. The number of rotatable bonds is 13. The van der Waals surface area contributed by atoms with Gasteiger partial charge in [0.15, 0.2) is 0 Å². The average molecular weight is 381 g/mol. The monoisotopic (exact) mass is 380 g/mol. The van der Waals surface area contributed by atoms with E-state index in [0.717, 1.165) is 0 Å². The van der Waals surface area contributed by atoms with Crippen LogP contribution in [0.15, 0.2) is 60.7 Å². The Labute approximate surface area is 173 Å². The van der Waals surface area contributed by atoms with Crippen LogP contribution in [-0.4, -0.2) is 32.2 Å². The van der Waals surface area contributed by atoms with Crippen molar-refractivity contribution in [2.75, 3.05) is 21.1 Å². The predicted molar refractivity (Wildman–Crippen MR) is 123 cm³/mol. The van der Waals surface area contributed by atoms with Gasteiger partial charge in [0.2, 0.25) is 0 Å². The van der Waals surface area contributed by atoms with Gasteiger partial charge in [0.25, 0.3) is 0 Å². The second-order valence-corrected chi connectivity index (χ2v) is 8.33. The van der Waals surface area contributed by atoms with Crippen LogP contribution in [0.2, 0.25) is 0 Å². The molecule has 2 heteroatoms. The maximum atomic E-state index is 3.64. The number of hydrogen-bond acceptors (Lipinski definition) is 2. The Morgan fingerprint density at radius 3 is 2.00 bits per heavy atom. The van der Waals surface area contributed by atoms with Gasteiger partial charge in [0.05, 0.1) is 6.17 Å². The first-order chi connectivity index (χ1) is 13.6. The van der Waals surface area contributed by atoms with Gasteiger partial charge in [-0.3, -0.25) is 4.90 Å². The molecule has 2 rings (SSSR count). The van der Waals surface area contributed by atoms with Crippen molar-refractivity contribution >= 4 is 0 Å². The molecule has 2 aromatic rings. The molecular weight excluding hydrogens is 340 g/mol. The lowest BCUT2D eigenvalue weighted by Crippen LogP contribution is -2.55. The van der Waals surface area contributed by atoms with Crippen molar-refractivity contribution in [3.05, 3.63) is 71.8 Å². The molecule has 0 bridgehead atoms. The van der Waals surface area contributed by atoms with Crippen LogP contribution in [0.5, 0.6) is 0 Å². The summed E-state index contributed by atoms with van der Waals surface area (Å²) in [5.41, 5.74) is 3.10. The third-order valence-electron chi connectivity index (χ3n) is 6.07. The van der Waals surface area contributed by atoms with Gasteiger partial charge in [-0.1, -0.05) is 93.3 Å². The highest BCUT2D eigenvalue weighted by Crippen LogP contribution is 2.39. The first kappa shape index (κ1) is 22.6. The Morgan fingerprint density at radius 1 is 0.821 bits per heavy atom. The van der Waals surface area contributed by atoms with Crippen molar-refractivity contribution < 1.29 is 0 Å². The van der Waals surface area contributed by atoms with Crippen molar-refractivity contribution in [1.29, 1.82) is 0 Å². The lowest BCUT2D eigenvalue weighted by atomic mass is 9.69. The quantitative estimate of drug-likeness (QED) is 0.337. The number of hydrogen-bond donors (Lipinski definition) is 1. The highest BCUT2D eigenvalue weighted by atomic mass is 15.2. The Morgan fingerprint density at radius 2 is 1.43 bits per heavy atom. The van der Waals surface area contributed by atoms with E-state index >= 15 is 0 Å². The van der Waals surface area contributed by atoms with Gasteiger partial charge in [-0.15, -0.1) is 0 Å². The van der Waals surface area contributed by atoms with E-state index in [4.69, 9.17) is 0 Å². The van der Waals surface area contributed by atoms with E-state index in [1.54, 1.807) is 0 Å². The predicted octanol–water partition coefficient (Wildman–Crippen LogP) is 6.02. The van der Waals surface area contributed by atoms with Crippen LogP contribution in [-0.2, 0) is 11.8 Å². The summed E-state index contributed by atoms with van der Waals surface area (Å²) in [7, 11) is 6.53. The van der Waals surface area contributed by atoms with E-state index < -0.39 is 0 Å². The van der Waals surface area contributed by atoms with Gasteiger partial charge in [0.1, 0.15) is 0 Å². The highest BCUT2D eigenvalue weighted by molar-refractivity contribution is 5.28. The van der Waals surface area contributed by atoms with Crippen molar-refractivity contribution in [2.24, 2.45) is 0 Å². The Hall–Kier alpha value is -1.64. The first-order valence-corrected chi connectivity index (χ1v) is 11.1. The number of likely N-dealkylation sites (N-methyl/N-ethyl adjacent to an activating group) is 2. The lowest BCUT2D eigenvalue weighted by Gasteiger charge is -2.45. The van der Waals surface area contributed by atoms with E-state index in [2.05, 4.69) is 98.9 Å². The van der Waals surface area contributed by atoms with Crippen LogP contribution in [0.1, 0.15) is 63.0 Å². The number of aryl methyl sites for hydroxylation is 1. The summed E-state index contributed by atoms with van der Waals surface area (Å²) in [6, 6.07) is 22.1. The third-order valence-corrected chi connectivity index (χ3v) is 6.07. The highest BCUT2D eigenvalue weighted by Gasteiger charge is 2.39. The summed E-state index contributed by atoms with van der Waals surface area (Å²) in [6.07, 6.45) is 10.3. The van der Waals surface area contributed by atoms with Crippen molar-refractivity contribution in [3.63, 3.8) is 0 Å². The third kappa shape index (κ3) is 6.18. The summed E-state index contributed by atoms with van der Waals surface area (Å²) in [5, 5.41) is 3.64.